The Morgan fingerprint density at radius 2 is 1.62 bits per heavy atom. The Kier molecular flexibility index (Phi) is 8.48. The number of likely N-dealkylation sites (tertiary alicyclic amines) is 1. The van der Waals surface area contributed by atoms with Gasteiger partial charge in [-0.1, -0.05) is 0 Å². The van der Waals surface area contributed by atoms with Crippen molar-refractivity contribution in [1.29, 1.82) is 0 Å². The lowest BCUT2D eigenvalue weighted by atomic mass is 9.66. The summed E-state index contributed by atoms with van der Waals surface area (Å²) >= 11 is 0. The van der Waals surface area contributed by atoms with Crippen molar-refractivity contribution >= 4 is 34.8 Å². The molecule has 3 aliphatic heterocycles. The van der Waals surface area contributed by atoms with Crippen LogP contribution >= 0.6 is 0 Å². The molecule has 3 saturated heterocycles. The highest BCUT2D eigenvalue weighted by Gasteiger charge is 2.77. The summed E-state index contributed by atoms with van der Waals surface area (Å²) in [5.74, 6) is -1.82. The van der Waals surface area contributed by atoms with Crippen molar-refractivity contribution in [2.75, 3.05) is 48.4 Å². The van der Waals surface area contributed by atoms with Crippen molar-refractivity contribution in [3.05, 3.63) is 48.5 Å². The van der Waals surface area contributed by atoms with Crippen LogP contribution in [0.3, 0.4) is 0 Å². The maximum atomic E-state index is 14.0. The Bertz CT molecular complexity index is 1300. The lowest BCUT2D eigenvalue weighted by Gasteiger charge is -2.33. The number of rotatable bonds is 12. The normalized spacial score (nSPS) is 27.6. The van der Waals surface area contributed by atoms with Gasteiger partial charge >= 0.3 is 0 Å². The molecule has 3 aliphatic rings. The van der Waals surface area contributed by atoms with Gasteiger partial charge in [-0.25, -0.2) is 0 Å². The molecule has 226 valence electrons. The molecule has 0 saturated carbocycles. The Labute approximate surface area is 247 Å². The number of fused-ring (bicyclic) bond motifs is 1. The zero-order valence-electron chi connectivity index (χ0n) is 24.9. The molecule has 3 fully saturated rings. The minimum atomic E-state index is -1.13. The molecule has 0 radical (unpaired) electrons. The molecule has 1 spiro atoms. The lowest BCUT2D eigenvalue weighted by Crippen LogP contribution is -2.53. The summed E-state index contributed by atoms with van der Waals surface area (Å²) < 4.78 is 12.2. The van der Waals surface area contributed by atoms with E-state index in [2.05, 4.69) is 29.4 Å². The van der Waals surface area contributed by atoms with Gasteiger partial charge in [0.1, 0.15) is 17.4 Å². The van der Waals surface area contributed by atoms with Crippen LogP contribution in [0.1, 0.15) is 47.0 Å². The molecule has 10 heteroatoms. The van der Waals surface area contributed by atoms with Gasteiger partial charge in [-0.3, -0.25) is 14.4 Å². The molecule has 3 heterocycles. The first-order valence-corrected chi connectivity index (χ1v) is 15.0. The molecule has 2 bridgehead atoms. The van der Waals surface area contributed by atoms with Gasteiger partial charge in [0.2, 0.25) is 17.7 Å². The second-order valence-corrected chi connectivity index (χ2v) is 11.5. The standard InChI is InChI=1S/C32H42N4O6/c1-5-35(6-2)23-13-9-21(10-14-23)34-29(39)27-32-18-17-31(4,42-32)25(26(32)30(40)36(27)19-8-20-37)28(38)33-22-11-15-24(16-12-22)41-7-3/h9-16,25-27,37H,5-8,17-20H2,1-4H3,(H,33,38)(H,34,39)/t25-,26+,27?,31+,32?/m1/s1. The summed E-state index contributed by atoms with van der Waals surface area (Å²) in [6.07, 6.45) is 1.35. The number of hydrogen-bond acceptors (Lipinski definition) is 7. The molecule has 2 aromatic rings. The molecule has 10 nitrogen and oxygen atoms in total. The number of carbonyl (C=O) groups excluding carboxylic acids is 3. The van der Waals surface area contributed by atoms with E-state index >= 15 is 0 Å². The molecule has 5 atom stereocenters. The molecule has 42 heavy (non-hydrogen) atoms. The number of aliphatic hydroxyl groups excluding tert-OH is 1. The molecule has 0 aromatic heterocycles. The molecular formula is C32H42N4O6. The number of carbonyl (C=O) groups is 3. The second-order valence-electron chi connectivity index (χ2n) is 11.5. The number of anilines is 3. The first-order valence-electron chi connectivity index (χ1n) is 15.0. The van der Waals surface area contributed by atoms with Crippen LogP contribution < -0.4 is 20.3 Å². The summed E-state index contributed by atoms with van der Waals surface area (Å²) in [5, 5.41) is 15.5. The highest BCUT2D eigenvalue weighted by molar-refractivity contribution is 6.05. The summed E-state index contributed by atoms with van der Waals surface area (Å²) in [5.41, 5.74) is 0.253. The van der Waals surface area contributed by atoms with Crippen LogP contribution in [0.15, 0.2) is 48.5 Å². The van der Waals surface area contributed by atoms with E-state index in [4.69, 9.17) is 9.47 Å². The number of benzene rings is 2. The van der Waals surface area contributed by atoms with E-state index in [1.165, 1.54) is 4.90 Å². The van der Waals surface area contributed by atoms with E-state index in [0.29, 0.717) is 43.0 Å². The Morgan fingerprint density at radius 3 is 2.21 bits per heavy atom. The highest BCUT2D eigenvalue weighted by atomic mass is 16.5. The van der Waals surface area contributed by atoms with Crippen LogP contribution in [0.25, 0.3) is 0 Å². The predicted octanol–water partition coefficient (Wildman–Crippen LogP) is 3.66. The number of nitrogens with zero attached hydrogens (tertiary/aromatic N) is 2. The van der Waals surface area contributed by atoms with Gasteiger partial charge in [0.25, 0.3) is 0 Å². The number of ether oxygens (including phenoxy) is 2. The van der Waals surface area contributed by atoms with Gasteiger partial charge in [0, 0.05) is 43.3 Å². The van der Waals surface area contributed by atoms with Crippen molar-refractivity contribution in [1.82, 2.24) is 4.90 Å². The molecule has 2 unspecified atom stereocenters. The van der Waals surface area contributed by atoms with Gasteiger partial charge in [-0.05, 0) is 95.5 Å². The van der Waals surface area contributed by atoms with Gasteiger partial charge in [0.15, 0.2) is 0 Å². The van der Waals surface area contributed by atoms with Crippen LogP contribution in [-0.4, -0.2) is 77.8 Å². The quantitative estimate of drug-likeness (QED) is 0.352. The van der Waals surface area contributed by atoms with Gasteiger partial charge < -0.3 is 35.0 Å². The summed E-state index contributed by atoms with van der Waals surface area (Å²) in [6, 6.07) is 13.8. The second kappa shape index (κ2) is 11.9. The van der Waals surface area contributed by atoms with Crippen LogP contribution in [0, 0.1) is 11.8 Å². The van der Waals surface area contributed by atoms with Crippen LogP contribution in [0.2, 0.25) is 0 Å². The fourth-order valence-electron chi connectivity index (χ4n) is 7.18. The van der Waals surface area contributed by atoms with E-state index in [1.807, 2.05) is 38.1 Å². The minimum Gasteiger partial charge on any atom is -0.494 e. The first kappa shape index (κ1) is 29.8. The molecule has 5 rings (SSSR count). The zero-order chi connectivity index (χ0) is 30.1. The van der Waals surface area contributed by atoms with Crippen molar-refractivity contribution in [3.8, 4) is 5.75 Å². The molecular weight excluding hydrogens is 536 g/mol. The van der Waals surface area contributed by atoms with Crippen LogP contribution in [0.5, 0.6) is 5.75 Å². The average Bonchev–Trinajstić information content (AvgIpc) is 3.55. The Hall–Kier alpha value is -3.63. The molecule has 3 amide bonds. The predicted molar refractivity (Wildman–Crippen MR) is 161 cm³/mol. The SMILES string of the molecule is CCOc1ccc(NC(=O)[C@H]2[C@H]3C(=O)N(CCCO)C(C(=O)Nc4ccc(N(CC)CC)cc4)C34CC[C@]2(C)O4)cc1. The van der Waals surface area contributed by atoms with E-state index in [9.17, 15) is 19.5 Å². The third-order valence-corrected chi connectivity index (χ3v) is 9.06. The largest absolute Gasteiger partial charge is 0.494 e. The summed E-state index contributed by atoms with van der Waals surface area (Å²) in [7, 11) is 0. The Balaban J connectivity index is 1.41. The monoisotopic (exact) mass is 578 g/mol. The van der Waals surface area contributed by atoms with E-state index in [1.54, 1.807) is 24.3 Å². The third kappa shape index (κ3) is 5.11. The van der Waals surface area contributed by atoms with Gasteiger partial charge in [-0.15, -0.1) is 0 Å². The lowest BCUT2D eigenvalue weighted by molar-refractivity contribution is -0.143. The molecule has 2 aromatic carbocycles. The van der Waals surface area contributed by atoms with E-state index in [0.717, 1.165) is 18.8 Å². The first-order chi connectivity index (χ1) is 20.2. The zero-order valence-corrected chi connectivity index (χ0v) is 24.9. The van der Waals surface area contributed by atoms with Gasteiger partial charge in [-0.2, -0.15) is 0 Å². The smallest absolute Gasteiger partial charge is 0.250 e. The molecule has 0 aliphatic carbocycles. The van der Waals surface area contributed by atoms with Crippen molar-refractivity contribution in [2.45, 2.75) is 64.2 Å². The highest BCUT2D eigenvalue weighted by Crippen LogP contribution is 2.63. The van der Waals surface area contributed by atoms with Crippen molar-refractivity contribution < 1.29 is 29.0 Å². The van der Waals surface area contributed by atoms with Crippen molar-refractivity contribution in [3.63, 3.8) is 0 Å². The topological polar surface area (TPSA) is 120 Å². The minimum absolute atomic E-state index is 0.122. The summed E-state index contributed by atoms with van der Waals surface area (Å²) in [6.45, 7) is 10.3. The van der Waals surface area contributed by atoms with E-state index in [-0.39, 0.29) is 30.9 Å². The van der Waals surface area contributed by atoms with Gasteiger partial charge in [0.05, 0.1) is 24.0 Å². The fourth-order valence-corrected chi connectivity index (χ4v) is 7.18. The van der Waals surface area contributed by atoms with Crippen LogP contribution in [0.4, 0.5) is 17.1 Å². The van der Waals surface area contributed by atoms with Crippen molar-refractivity contribution in [2.24, 2.45) is 11.8 Å². The van der Waals surface area contributed by atoms with Crippen LogP contribution in [-0.2, 0) is 19.1 Å². The number of nitrogens with one attached hydrogen (secondary N) is 2. The Morgan fingerprint density at radius 1 is 1.00 bits per heavy atom. The number of hydrogen-bond donors (Lipinski definition) is 3. The maximum Gasteiger partial charge on any atom is 0.250 e. The third-order valence-electron chi connectivity index (χ3n) is 9.06. The maximum absolute atomic E-state index is 14.0. The fraction of sp³-hybridized carbons (Fsp3) is 0.531. The van der Waals surface area contributed by atoms with E-state index < -0.39 is 29.1 Å². The summed E-state index contributed by atoms with van der Waals surface area (Å²) in [4.78, 5) is 45.5. The molecule has 3 N–H and O–H groups in total. The number of amides is 3. The average molecular weight is 579 g/mol. The number of aliphatic hydroxyl groups is 1.